The molecule has 3 heterocycles. The molecule has 4 aromatic rings. The Labute approximate surface area is 180 Å². The summed E-state index contributed by atoms with van der Waals surface area (Å²) in [5, 5.41) is 3.06. The predicted molar refractivity (Wildman–Crippen MR) is 118 cm³/mol. The van der Waals surface area contributed by atoms with Crippen molar-refractivity contribution in [1.29, 1.82) is 0 Å². The summed E-state index contributed by atoms with van der Waals surface area (Å²) in [6.45, 7) is 1.28. The van der Waals surface area contributed by atoms with Crippen molar-refractivity contribution in [3.05, 3.63) is 89.8 Å². The number of pyridine rings is 1. The number of fused-ring (bicyclic) bond motifs is 2. The van der Waals surface area contributed by atoms with Gasteiger partial charge in [0.05, 0.1) is 5.39 Å². The Morgan fingerprint density at radius 2 is 2.00 bits per heavy atom. The second-order valence-corrected chi connectivity index (χ2v) is 7.67. The lowest BCUT2D eigenvalue weighted by molar-refractivity contribution is 0.0940. The maximum absolute atomic E-state index is 12.5. The zero-order chi connectivity index (χ0) is 22.4. The number of aromatic amines is 1. The SMILES string of the molecule is Nc1c(N2CCc3ccc(CNC(=O)c4nc5ncccc5c(=O)[nH]4)cc3C2)c(=O)c1=O. The molecule has 0 saturated heterocycles. The molecule has 0 spiro atoms. The number of nitrogens with zero attached hydrogens (tertiary/aromatic N) is 3. The molecular weight excluding hydrogens is 412 g/mol. The van der Waals surface area contributed by atoms with Crippen LogP contribution in [0.2, 0.25) is 0 Å². The minimum atomic E-state index is -0.627. The maximum Gasteiger partial charge on any atom is 0.287 e. The van der Waals surface area contributed by atoms with Gasteiger partial charge in [-0.25, -0.2) is 9.97 Å². The molecule has 32 heavy (non-hydrogen) atoms. The van der Waals surface area contributed by atoms with Crippen LogP contribution in [0.1, 0.15) is 27.3 Å². The lowest BCUT2D eigenvalue weighted by Gasteiger charge is -2.32. The lowest BCUT2D eigenvalue weighted by Crippen LogP contribution is -2.44. The molecule has 0 saturated carbocycles. The van der Waals surface area contributed by atoms with Gasteiger partial charge >= 0.3 is 0 Å². The molecule has 0 radical (unpaired) electrons. The number of nitrogen functional groups attached to an aromatic ring is 1. The van der Waals surface area contributed by atoms with Crippen molar-refractivity contribution in [1.82, 2.24) is 20.3 Å². The number of nitrogens with two attached hydrogens (primary N) is 1. The van der Waals surface area contributed by atoms with Crippen LogP contribution in [0.25, 0.3) is 11.0 Å². The smallest absolute Gasteiger partial charge is 0.287 e. The molecule has 5 rings (SSSR count). The third-order valence-electron chi connectivity index (χ3n) is 5.67. The van der Waals surface area contributed by atoms with Gasteiger partial charge in [0.1, 0.15) is 11.4 Å². The van der Waals surface area contributed by atoms with Crippen molar-refractivity contribution in [2.24, 2.45) is 0 Å². The standard InChI is InChI=1S/C22H18N6O4/c23-15-16(18(30)17(15)29)28-7-5-12-4-3-11(8-13(12)10-28)9-25-22(32)20-26-19-14(21(31)27-20)2-1-6-24-19/h1-4,6,8H,5,7,9-10,23H2,(H,25,32)(H,24,26,27,31). The van der Waals surface area contributed by atoms with Crippen LogP contribution in [0.3, 0.4) is 0 Å². The van der Waals surface area contributed by atoms with Gasteiger partial charge < -0.3 is 20.9 Å². The molecule has 1 amide bonds. The summed E-state index contributed by atoms with van der Waals surface area (Å²) in [5.74, 6) is -0.633. The molecule has 0 aliphatic carbocycles. The van der Waals surface area contributed by atoms with E-state index in [1.165, 1.54) is 6.20 Å². The Hall–Kier alpha value is -4.34. The molecule has 2 aromatic heterocycles. The zero-order valence-electron chi connectivity index (χ0n) is 16.8. The van der Waals surface area contributed by atoms with Gasteiger partial charge in [0.15, 0.2) is 5.65 Å². The van der Waals surface area contributed by atoms with Crippen LogP contribution in [0.5, 0.6) is 0 Å². The Balaban J connectivity index is 1.32. The van der Waals surface area contributed by atoms with Crippen molar-refractivity contribution < 1.29 is 4.79 Å². The largest absolute Gasteiger partial charge is 0.394 e. The van der Waals surface area contributed by atoms with Crippen LogP contribution in [0, 0.1) is 0 Å². The molecule has 1 aliphatic rings. The van der Waals surface area contributed by atoms with E-state index < -0.39 is 22.3 Å². The Morgan fingerprint density at radius 1 is 1.16 bits per heavy atom. The fraction of sp³-hybridized carbons (Fsp3) is 0.182. The predicted octanol–water partition coefficient (Wildman–Crippen LogP) is -0.0110. The molecular formula is C22H18N6O4. The summed E-state index contributed by atoms with van der Waals surface area (Å²) in [6.07, 6.45) is 2.22. The summed E-state index contributed by atoms with van der Waals surface area (Å²) in [4.78, 5) is 60.4. The number of benzene rings is 1. The van der Waals surface area contributed by atoms with Crippen molar-refractivity contribution in [3.8, 4) is 0 Å². The first kappa shape index (κ1) is 19.6. The number of H-pyrrole nitrogens is 1. The van der Waals surface area contributed by atoms with Gasteiger partial charge in [-0.1, -0.05) is 18.2 Å². The zero-order valence-corrected chi connectivity index (χ0v) is 16.8. The van der Waals surface area contributed by atoms with Crippen molar-refractivity contribution >= 4 is 28.3 Å². The van der Waals surface area contributed by atoms with Gasteiger partial charge in [-0.15, -0.1) is 0 Å². The van der Waals surface area contributed by atoms with Crippen LogP contribution >= 0.6 is 0 Å². The van der Waals surface area contributed by atoms with Gasteiger partial charge in [-0.3, -0.25) is 19.2 Å². The fourth-order valence-corrected chi connectivity index (χ4v) is 3.97. The topological polar surface area (TPSA) is 151 Å². The minimum absolute atomic E-state index is 0.0215. The molecule has 10 nitrogen and oxygen atoms in total. The average Bonchev–Trinajstić information content (AvgIpc) is 2.82. The van der Waals surface area contributed by atoms with Crippen LogP contribution in [-0.2, 0) is 19.5 Å². The average molecular weight is 430 g/mol. The summed E-state index contributed by atoms with van der Waals surface area (Å²) in [7, 11) is 0. The first-order valence-electron chi connectivity index (χ1n) is 10.00. The number of rotatable bonds is 4. The van der Waals surface area contributed by atoms with Gasteiger partial charge in [-0.2, -0.15) is 0 Å². The van der Waals surface area contributed by atoms with Crippen molar-refractivity contribution in [2.75, 3.05) is 17.2 Å². The van der Waals surface area contributed by atoms with Gasteiger partial charge in [0.25, 0.3) is 22.3 Å². The number of hydrogen-bond acceptors (Lipinski definition) is 8. The number of carbonyl (C=O) groups is 1. The quantitative estimate of drug-likeness (QED) is 0.383. The molecule has 160 valence electrons. The number of nitrogens with one attached hydrogen (secondary N) is 2. The third-order valence-corrected chi connectivity index (χ3v) is 5.67. The summed E-state index contributed by atoms with van der Waals surface area (Å²) in [5.41, 5.74) is 7.60. The van der Waals surface area contributed by atoms with Crippen molar-refractivity contribution in [3.63, 3.8) is 0 Å². The van der Waals surface area contributed by atoms with Crippen LogP contribution in [-0.4, -0.2) is 27.4 Å². The number of aromatic nitrogens is 3. The van der Waals surface area contributed by atoms with Crippen LogP contribution in [0.4, 0.5) is 11.4 Å². The monoisotopic (exact) mass is 430 g/mol. The molecule has 0 atom stereocenters. The fourth-order valence-electron chi connectivity index (χ4n) is 3.97. The molecule has 0 fully saturated rings. The van der Waals surface area contributed by atoms with E-state index in [1.807, 2.05) is 23.1 Å². The van der Waals surface area contributed by atoms with Gasteiger partial charge in [0.2, 0.25) is 5.82 Å². The van der Waals surface area contributed by atoms with E-state index in [2.05, 4.69) is 20.3 Å². The van der Waals surface area contributed by atoms with Crippen LogP contribution < -0.4 is 32.4 Å². The highest BCUT2D eigenvalue weighted by Gasteiger charge is 2.26. The second kappa shape index (κ2) is 7.41. The van der Waals surface area contributed by atoms with E-state index in [-0.39, 0.29) is 23.7 Å². The Kier molecular flexibility index (Phi) is 4.54. The van der Waals surface area contributed by atoms with Crippen molar-refractivity contribution in [2.45, 2.75) is 19.5 Å². The highest BCUT2D eigenvalue weighted by molar-refractivity contribution is 5.92. The Morgan fingerprint density at radius 3 is 2.81 bits per heavy atom. The third kappa shape index (κ3) is 3.22. The number of anilines is 2. The van der Waals surface area contributed by atoms with Crippen LogP contribution in [0.15, 0.2) is 50.9 Å². The first-order valence-corrected chi connectivity index (χ1v) is 10.00. The maximum atomic E-state index is 12.5. The van der Waals surface area contributed by atoms with E-state index in [0.29, 0.717) is 24.2 Å². The molecule has 1 aliphatic heterocycles. The van der Waals surface area contributed by atoms with Gasteiger partial charge in [-0.05, 0) is 35.2 Å². The molecule has 10 heteroatoms. The second-order valence-electron chi connectivity index (χ2n) is 7.67. The number of carbonyl (C=O) groups excluding carboxylic acids is 1. The normalized spacial score (nSPS) is 13.3. The van der Waals surface area contributed by atoms with E-state index >= 15 is 0 Å². The van der Waals surface area contributed by atoms with E-state index in [9.17, 15) is 19.2 Å². The molecule has 2 aromatic carbocycles. The summed E-state index contributed by atoms with van der Waals surface area (Å²) >= 11 is 0. The number of amides is 1. The van der Waals surface area contributed by atoms with Gasteiger partial charge in [0, 0.05) is 25.8 Å². The lowest BCUT2D eigenvalue weighted by atomic mass is 9.96. The molecule has 0 unspecified atom stereocenters. The van der Waals surface area contributed by atoms with E-state index in [1.54, 1.807) is 12.1 Å². The molecule has 0 bridgehead atoms. The summed E-state index contributed by atoms with van der Waals surface area (Å²) in [6, 6.07) is 9.06. The van der Waals surface area contributed by atoms with E-state index in [4.69, 9.17) is 5.73 Å². The first-order chi connectivity index (χ1) is 15.4. The highest BCUT2D eigenvalue weighted by Crippen LogP contribution is 2.26. The minimum Gasteiger partial charge on any atom is -0.394 e. The Bertz CT molecular complexity index is 1520. The highest BCUT2D eigenvalue weighted by atomic mass is 16.2. The van der Waals surface area contributed by atoms with E-state index in [0.717, 1.165) is 23.1 Å². The molecule has 4 N–H and O–H groups in total. The number of hydrogen-bond donors (Lipinski definition) is 3. The summed E-state index contributed by atoms with van der Waals surface area (Å²) < 4.78 is 0.